The van der Waals surface area contributed by atoms with E-state index < -0.39 is 110 Å². The highest BCUT2D eigenvalue weighted by Gasteiger charge is 2.31. The number of nitrogens with zero attached hydrogens (tertiary/aromatic N) is 2. The van der Waals surface area contributed by atoms with Crippen molar-refractivity contribution in [2.24, 2.45) is 38.7 Å². The van der Waals surface area contributed by atoms with Gasteiger partial charge in [-0.05, 0) is 46.0 Å². The first-order valence-corrected chi connectivity index (χ1v) is 16.0. The van der Waals surface area contributed by atoms with Crippen molar-refractivity contribution in [3.8, 4) is 0 Å². The van der Waals surface area contributed by atoms with Crippen LogP contribution in [0.25, 0.3) is 0 Å². The molecule has 0 saturated carbocycles. The fourth-order valence-electron chi connectivity index (χ4n) is 4.14. The number of hydrogen-bond donors (Lipinski definition) is 14. The Balaban J connectivity index is 6.03. The SMILES string of the molecule is C[C@H](NC(=O)[C@H](CO)NC(=O)CN)C(=O)N[C@@H](CCCN=C(N)N)C(=O)N[C@@H](CCCN=C(N)N)C(=O)N[C@@H](C)C(=O)N[C@@H](CCC(=O)O)C(=O)O. The third-order valence-corrected chi connectivity index (χ3v) is 6.94. The zero-order chi connectivity index (χ0) is 40.0. The standard InChI is InChI=1S/C28H51N13O11/c1-13(37-25(50)18(12-42)38-19(43)11-29)21(46)39-16(6-4-10-35-28(32)33)24(49)40-15(5-3-9-34-27(30)31)23(48)36-14(2)22(47)41-17(26(51)52)7-8-20(44)45/h13-18,42H,3-12,29H2,1-2H3,(H,36,48)(H,37,50)(H,38,43)(H,39,46)(H,40,49)(H,41,47)(H,44,45)(H,51,52)(H4,30,31,34)(H4,32,33,35)/t13-,14-,15-,16-,17-,18-/m0/s1. The lowest BCUT2D eigenvalue weighted by molar-refractivity contribution is -0.143. The van der Waals surface area contributed by atoms with Gasteiger partial charge in [0.05, 0.1) is 13.2 Å². The van der Waals surface area contributed by atoms with E-state index in [1.54, 1.807) is 0 Å². The van der Waals surface area contributed by atoms with Crippen LogP contribution in [0.2, 0.25) is 0 Å². The molecular formula is C28H51N13O11. The number of carboxylic acids is 2. The highest BCUT2D eigenvalue weighted by atomic mass is 16.4. The minimum Gasteiger partial charge on any atom is -0.481 e. The summed E-state index contributed by atoms with van der Waals surface area (Å²) in [6.45, 7) is 1.32. The van der Waals surface area contributed by atoms with E-state index in [-0.39, 0.29) is 50.7 Å². The van der Waals surface area contributed by atoms with Crippen molar-refractivity contribution in [1.29, 1.82) is 0 Å². The summed E-state index contributed by atoms with van der Waals surface area (Å²) in [5.74, 6) is -8.49. The van der Waals surface area contributed by atoms with Crippen LogP contribution in [0.3, 0.4) is 0 Å². The zero-order valence-corrected chi connectivity index (χ0v) is 28.9. The van der Waals surface area contributed by atoms with Crippen LogP contribution in [-0.4, -0.2) is 137 Å². The fraction of sp³-hybridized carbons (Fsp3) is 0.643. The third kappa shape index (κ3) is 19.4. The first-order chi connectivity index (χ1) is 24.3. The molecule has 0 radical (unpaired) electrons. The molecule has 52 heavy (non-hydrogen) atoms. The van der Waals surface area contributed by atoms with Gasteiger partial charge in [0.2, 0.25) is 35.4 Å². The molecule has 0 rings (SSSR count). The predicted molar refractivity (Wildman–Crippen MR) is 183 cm³/mol. The van der Waals surface area contributed by atoms with Crippen LogP contribution in [0.15, 0.2) is 9.98 Å². The molecule has 0 aromatic heterocycles. The second kappa shape index (κ2) is 24.4. The first-order valence-electron chi connectivity index (χ1n) is 16.0. The largest absolute Gasteiger partial charge is 0.481 e. The molecule has 0 aromatic carbocycles. The molecule has 0 aliphatic rings. The van der Waals surface area contributed by atoms with Crippen molar-refractivity contribution < 1.29 is 53.7 Å². The van der Waals surface area contributed by atoms with Crippen LogP contribution in [-0.2, 0) is 38.4 Å². The normalized spacial score (nSPS) is 14.0. The molecule has 24 heteroatoms. The number of guanidine groups is 2. The van der Waals surface area contributed by atoms with Gasteiger partial charge in [0.1, 0.15) is 36.3 Å². The molecule has 0 aliphatic heterocycles. The van der Waals surface area contributed by atoms with Gasteiger partial charge in [-0.3, -0.25) is 43.5 Å². The predicted octanol–water partition coefficient (Wildman–Crippen LogP) is -7.06. The van der Waals surface area contributed by atoms with Gasteiger partial charge >= 0.3 is 11.9 Å². The molecule has 0 aromatic rings. The number of carboxylic acid groups (broad SMARTS) is 2. The van der Waals surface area contributed by atoms with Crippen LogP contribution in [0.5, 0.6) is 0 Å². The Morgan fingerprint density at radius 1 is 0.577 bits per heavy atom. The number of nitrogens with one attached hydrogen (secondary N) is 6. The number of aliphatic hydroxyl groups excluding tert-OH is 1. The van der Waals surface area contributed by atoms with E-state index in [2.05, 4.69) is 41.9 Å². The van der Waals surface area contributed by atoms with Crippen molar-refractivity contribution in [3.63, 3.8) is 0 Å². The Hall–Kier alpha value is -5.78. The number of rotatable bonds is 25. The van der Waals surface area contributed by atoms with E-state index in [0.717, 1.165) is 0 Å². The molecule has 0 aliphatic carbocycles. The molecule has 294 valence electrons. The molecule has 24 nitrogen and oxygen atoms in total. The molecule has 6 atom stereocenters. The summed E-state index contributed by atoms with van der Waals surface area (Å²) < 4.78 is 0. The summed E-state index contributed by atoms with van der Waals surface area (Å²) in [4.78, 5) is 107. The summed E-state index contributed by atoms with van der Waals surface area (Å²) in [6.07, 6.45) is -0.838. The topological polar surface area (TPSA) is 424 Å². The molecule has 19 N–H and O–H groups in total. The van der Waals surface area contributed by atoms with Gasteiger partial charge in [0, 0.05) is 19.5 Å². The maximum absolute atomic E-state index is 13.6. The van der Waals surface area contributed by atoms with E-state index in [0.29, 0.717) is 0 Å². The highest BCUT2D eigenvalue weighted by Crippen LogP contribution is 2.06. The molecule has 6 amide bonds. The van der Waals surface area contributed by atoms with E-state index in [1.165, 1.54) is 13.8 Å². The minimum absolute atomic E-state index is 0.0400. The molecular weight excluding hydrogens is 694 g/mol. The van der Waals surface area contributed by atoms with Gasteiger partial charge in [-0.25, -0.2) is 4.79 Å². The van der Waals surface area contributed by atoms with Crippen molar-refractivity contribution >= 4 is 59.3 Å². The number of aliphatic carboxylic acids is 2. The van der Waals surface area contributed by atoms with Gasteiger partial charge in [0.25, 0.3) is 0 Å². The lowest BCUT2D eigenvalue weighted by atomic mass is 10.1. The summed E-state index contributed by atoms with van der Waals surface area (Å²) in [6, 6.07) is -8.34. The average molecular weight is 746 g/mol. The molecule has 0 unspecified atom stereocenters. The van der Waals surface area contributed by atoms with E-state index >= 15 is 0 Å². The number of aliphatic imine (C=N–C) groups is 2. The van der Waals surface area contributed by atoms with Crippen LogP contribution in [0.4, 0.5) is 0 Å². The zero-order valence-electron chi connectivity index (χ0n) is 28.9. The fourth-order valence-corrected chi connectivity index (χ4v) is 4.14. The molecule has 0 heterocycles. The van der Waals surface area contributed by atoms with Crippen molar-refractivity contribution in [2.75, 3.05) is 26.2 Å². The number of nitrogens with two attached hydrogens (primary N) is 5. The number of aliphatic hydroxyl groups is 1. The summed E-state index contributed by atoms with van der Waals surface area (Å²) >= 11 is 0. The Bertz CT molecular complexity index is 1320. The van der Waals surface area contributed by atoms with E-state index in [1.807, 2.05) is 0 Å². The van der Waals surface area contributed by atoms with Gasteiger partial charge in [-0.1, -0.05) is 0 Å². The van der Waals surface area contributed by atoms with Gasteiger partial charge < -0.3 is 75.9 Å². The molecule has 0 saturated heterocycles. The Labute approximate surface area is 298 Å². The molecule has 0 bridgehead atoms. The lowest BCUT2D eigenvalue weighted by Gasteiger charge is -2.26. The number of carbonyl (C=O) groups excluding carboxylic acids is 6. The average Bonchev–Trinajstić information content (AvgIpc) is 3.06. The van der Waals surface area contributed by atoms with Crippen LogP contribution >= 0.6 is 0 Å². The van der Waals surface area contributed by atoms with Gasteiger partial charge in [-0.15, -0.1) is 0 Å². The Morgan fingerprint density at radius 2 is 0.981 bits per heavy atom. The number of hydrogen-bond acceptors (Lipinski definition) is 12. The monoisotopic (exact) mass is 745 g/mol. The first kappa shape index (κ1) is 46.2. The smallest absolute Gasteiger partial charge is 0.326 e. The van der Waals surface area contributed by atoms with Crippen molar-refractivity contribution in [2.45, 2.75) is 88.6 Å². The quantitative estimate of drug-likeness (QED) is 0.0234. The van der Waals surface area contributed by atoms with E-state index in [4.69, 9.17) is 33.8 Å². The number of carbonyl (C=O) groups is 8. The Kier molecular flexibility index (Phi) is 21.7. The minimum atomic E-state index is -1.56. The third-order valence-electron chi connectivity index (χ3n) is 6.94. The summed E-state index contributed by atoms with van der Waals surface area (Å²) in [5, 5.41) is 41.6. The van der Waals surface area contributed by atoms with Crippen LogP contribution < -0.4 is 60.6 Å². The number of amides is 6. The second-order valence-corrected chi connectivity index (χ2v) is 11.3. The second-order valence-electron chi connectivity index (χ2n) is 11.3. The lowest BCUT2D eigenvalue weighted by Crippen LogP contribution is -2.59. The van der Waals surface area contributed by atoms with Crippen LogP contribution in [0.1, 0.15) is 52.4 Å². The molecule has 0 fully saturated rings. The maximum Gasteiger partial charge on any atom is 0.326 e. The summed E-state index contributed by atoms with van der Waals surface area (Å²) in [7, 11) is 0. The van der Waals surface area contributed by atoms with Crippen LogP contribution in [0, 0.1) is 0 Å². The Morgan fingerprint density at radius 3 is 1.37 bits per heavy atom. The summed E-state index contributed by atoms with van der Waals surface area (Å²) in [5.41, 5.74) is 26.6. The van der Waals surface area contributed by atoms with Crippen molar-refractivity contribution in [3.05, 3.63) is 0 Å². The highest BCUT2D eigenvalue weighted by molar-refractivity contribution is 5.96. The van der Waals surface area contributed by atoms with Gasteiger partial charge in [0.15, 0.2) is 11.9 Å². The molecule has 0 spiro atoms. The maximum atomic E-state index is 13.6. The van der Waals surface area contributed by atoms with E-state index in [9.17, 15) is 48.6 Å². The van der Waals surface area contributed by atoms with Gasteiger partial charge in [-0.2, -0.15) is 0 Å². The van der Waals surface area contributed by atoms with Crippen molar-refractivity contribution in [1.82, 2.24) is 31.9 Å².